The molecule has 3 nitrogen and oxygen atoms in total. The molecule has 1 heterocycles. The Morgan fingerprint density at radius 1 is 1.57 bits per heavy atom. The maximum Gasteiger partial charge on any atom is 0.328 e. The molecule has 1 aliphatic heterocycles. The highest BCUT2D eigenvalue weighted by atomic mass is 16.4. The second-order valence-corrected chi connectivity index (χ2v) is 4.67. The summed E-state index contributed by atoms with van der Waals surface area (Å²) in [5.74, 6) is -0.848. The van der Waals surface area contributed by atoms with E-state index < -0.39 is 5.97 Å². The van der Waals surface area contributed by atoms with Gasteiger partial charge in [0.2, 0.25) is 0 Å². The lowest BCUT2D eigenvalue weighted by atomic mass is 10.0. The molecule has 0 radical (unpaired) electrons. The van der Waals surface area contributed by atoms with Gasteiger partial charge in [0.05, 0.1) is 0 Å². The van der Waals surface area contributed by atoms with Crippen molar-refractivity contribution in [3.63, 3.8) is 0 Å². The lowest BCUT2D eigenvalue weighted by Gasteiger charge is -2.31. The first-order chi connectivity index (χ1) is 6.42. The molecule has 80 valence electrons. The maximum atomic E-state index is 10.4. The second kappa shape index (κ2) is 4.13. The van der Waals surface area contributed by atoms with E-state index in [1.165, 1.54) is 18.9 Å². The van der Waals surface area contributed by atoms with E-state index in [1.54, 1.807) is 0 Å². The summed E-state index contributed by atoms with van der Waals surface area (Å²) in [4.78, 5) is 12.8. The molecular weight excluding hydrogens is 178 g/mol. The van der Waals surface area contributed by atoms with E-state index in [9.17, 15) is 4.79 Å². The van der Waals surface area contributed by atoms with Crippen LogP contribution in [0.4, 0.5) is 0 Å². The Balaban J connectivity index is 2.56. The minimum atomic E-state index is -0.848. The number of hydrogen-bond acceptors (Lipinski definition) is 2. The average molecular weight is 197 g/mol. The van der Waals surface area contributed by atoms with Gasteiger partial charge in [-0.25, -0.2) is 4.79 Å². The minimum absolute atomic E-state index is 0.230. The molecular formula is C11H19NO2. The van der Waals surface area contributed by atoms with Crippen LogP contribution >= 0.6 is 0 Å². The fourth-order valence-corrected chi connectivity index (χ4v) is 2.01. The second-order valence-electron chi connectivity index (χ2n) is 4.67. The van der Waals surface area contributed by atoms with Gasteiger partial charge in [-0.2, -0.15) is 0 Å². The summed E-state index contributed by atoms with van der Waals surface area (Å²) in [5.41, 5.74) is 1.15. The predicted octanol–water partition coefficient (Wildman–Crippen LogP) is 1.89. The van der Waals surface area contributed by atoms with Crippen molar-refractivity contribution in [2.45, 2.75) is 39.2 Å². The third-order valence-electron chi connectivity index (χ3n) is 2.88. The van der Waals surface area contributed by atoms with Crippen molar-refractivity contribution in [2.75, 3.05) is 13.1 Å². The molecule has 0 amide bonds. The van der Waals surface area contributed by atoms with E-state index in [2.05, 4.69) is 18.7 Å². The summed E-state index contributed by atoms with van der Waals surface area (Å²) in [6.45, 7) is 8.17. The summed E-state index contributed by atoms with van der Waals surface area (Å²) >= 11 is 0. The molecule has 1 fully saturated rings. The molecule has 3 heteroatoms. The van der Waals surface area contributed by atoms with E-state index in [-0.39, 0.29) is 5.54 Å². The normalized spacial score (nSPS) is 22.6. The zero-order valence-electron chi connectivity index (χ0n) is 9.21. The van der Waals surface area contributed by atoms with Crippen molar-refractivity contribution in [1.29, 1.82) is 0 Å². The molecule has 0 aromatic carbocycles. The van der Waals surface area contributed by atoms with Gasteiger partial charge in [0.25, 0.3) is 0 Å². The number of hydrogen-bond donors (Lipinski definition) is 1. The monoisotopic (exact) mass is 197 g/mol. The number of rotatable bonds is 3. The number of carbonyl (C=O) groups is 1. The number of likely N-dealkylation sites (tertiary alicyclic amines) is 1. The van der Waals surface area contributed by atoms with Crippen LogP contribution in [0.1, 0.15) is 33.6 Å². The zero-order chi connectivity index (χ0) is 10.8. The molecule has 0 atom stereocenters. The van der Waals surface area contributed by atoms with Crippen molar-refractivity contribution >= 4 is 5.97 Å². The summed E-state index contributed by atoms with van der Waals surface area (Å²) in [6.07, 6.45) is 3.72. The van der Waals surface area contributed by atoms with E-state index >= 15 is 0 Å². The minimum Gasteiger partial charge on any atom is -0.478 e. The van der Waals surface area contributed by atoms with Gasteiger partial charge >= 0.3 is 5.97 Å². The average Bonchev–Trinajstić information content (AvgIpc) is 2.29. The molecule has 1 saturated heterocycles. The molecule has 1 aliphatic rings. The van der Waals surface area contributed by atoms with Crippen molar-refractivity contribution in [2.24, 2.45) is 0 Å². The van der Waals surface area contributed by atoms with Crippen LogP contribution in [-0.2, 0) is 4.79 Å². The fraction of sp³-hybridized carbons (Fsp3) is 0.727. The van der Waals surface area contributed by atoms with E-state index in [4.69, 9.17) is 5.11 Å². The lowest BCUT2D eigenvalue weighted by Crippen LogP contribution is -2.39. The smallest absolute Gasteiger partial charge is 0.328 e. The Labute approximate surface area is 85.4 Å². The largest absolute Gasteiger partial charge is 0.478 e. The van der Waals surface area contributed by atoms with E-state index in [0.717, 1.165) is 18.7 Å². The Morgan fingerprint density at radius 2 is 2.21 bits per heavy atom. The summed E-state index contributed by atoms with van der Waals surface area (Å²) in [6, 6.07) is 0. The number of carboxylic acids is 1. The first kappa shape index (κ1) is 11.2. The lowest BCUT2D eigenvalue weighted by molar-refractivity contribution is -0.131. The first-order valence-corrected chi connectivity index (χ1v) is 5.07. The summed E-state index contributed by atoms with van der Waals surface area (Å²) in [7, 11) is 0. The molecule has 0 aliphatic carbocycles. The fourth-order valence-electron chi connectivity index (χ4n) is 2.01. The van der Waals surface area contributed by atoms with Crippen molar-refractivity contribution in [3.8, 4) is 0 Å². The third kappa shape index (κ3) is 2.84. The van der Waals surface area contributed by atoms with Gasteiger partial charge in [0, 0.05) is 18.2 Å². The molecule has 14 heavy (non-hydrogen) atoms. The SMILES string of the molecule is C/C(=C\C(=O)O)CN1CCCC1(C)C. The van der Waals surface area contributed by atoms with E-state index in [1.807, 2.05) is 6.92 Å². The van der Waals surface area contributed by atoms with Crippen molar-refractivity contribution in [1.82, 2.24) is 4.90 Å². The maximum absolute atomic E-state index is 10.4. The van der Waals surface area contributed by atoms with Gasteiger partial charge < -0.3 is 5.11 Å². The van der Waals surface area contributed by atoms with Crippen LogP contribution in [0.15, 0.2) is 11.6 Å². The Bertz CT molecular complexity index is 256. The van der Waals surface area contributed by atoms with Crippen LogP contribution in [0.25, 0.3) is 0 Å². The van der Waals surface area contributed by atoms with Gasteiger partial charge in [-0.1, -0.05) is 5.57 Å². The number of carboxylic acid groups (broad SMARTS) is 1. The first-order valence-electron chi connectivity index (χ1n) is 5.07. The quantitative estimate of drug-likeness (QED) is 0.702. The molecule has 1 rings (SSSR count). The van der Waals surface area contributed by atoms with Crippen LogP contribution in [0.3, 0.4) is 0 Å². The van der Waals surface area contributed by atoms with Crippen LogP contribution in [0.5, 0.6) is 0 Å². The van der Waals surface area contributed by atoms with Crippen LogP contribution in [-0.4, -0.2) is 34.6 Å². The van der Waals surface area contributed by atoms with Gasteiger partial charge in [-0.15, -0.1) is 0 Å². The number of aliphatic carboxylic acids is 1. The molecule has 0 aromatic rings. The summed E-state index contributed by atoms with van der Waals surface area (Å²) in [5, 5.41) is 8.59. The van der Waals surface area contributed by atoms with Crippen LogP contribution < -0.4 is 0 Å². The highest BCUT2D eigenvalue weighted by Gasteiger charge is 2.31. The molecule has 0 unspecified atom stereocenters. The van der Waals surface area contributed by atoms with Gasteiger partial charge in [0.1, 0.15) is 0 Å². The van der Waals surface area contributed by atoms with E-state index in [0.29, 0.717) is 0 Å². The van der Waals surface area contributed by atoms with Crippen LogP contribution in [0.2, 0.25) is 0 Å². The standard InChI is InChI=1S/C11H19NO2/c1-9(7-10(13)14)8-12-6-4-5-11(12,2)3/h7H,4-6,8H2,1-3H3,(H,13,14)/b9-7+. The Hall–Kier alpha value is -0.830. The topological polar surface area (TPSA) is 40.5 Å². The molecule has 1 N–H and O–H groups in total. The Kier molecular flexibility index (Phi) is 3.32. The number of nitrogens with zero attached hydrogens (tertiary/aromatic N) is 1. The highest BCUT2D eigenvalue weighted by molar-refractivity contribution is 5.80. The molecule has 0 bridgehead atoms. The van der Waals surface area contributed by atoms with Gasteiger partial charge in [0.15, 0.2) is 0 Å². The van der Waals surface area contributed by atoms with Crippen molar-refractivity contribution in [3.05, 3.63) is 11.6 Å². The zero-order valence-corrected chi connectivity index (χ0v) is 9.21. The summed E-state index contributed by atoms with van der Waals surface area (Å²) < 4.78 is 0. The molecule has 0 spiro atoms. The highest BCUT2D eigenvalue weighted by Crippen LogP contribution is 2.28. The molecule has 0 saturated carbocycles. The third-order valence-corrected chi connectivity index (χ3v) is 2.88. The predicted molar refractivity (Wildman–Crippen MR) is 56.3 cm³/mol. The van der Waals surface area contributed by atoms with Crippen molar-refractivity contribution < 1.29 is 9.90 Å². The van der Waals surface area contributed by atoms with Gasteiger partial charge in [-0.05, 0) is 40.2 Å². The van der Waals surface area contributed by atoms with Gasteiger partial charge in [-0.3, -0.25) is 4.90 Å². The van der Waals surface area contributed by atoms with Crippen LogP contribution in [0, 0.1) is 0 Å². The Morgan fingerprint density at radius 3 is 2.64 bits per heavy atom. The molecule has 0 aromatic heterocycles.